The first-order valence-corrected chi connectivity index (χ1v) is 21.7. The van der Waals surface area contributed by atoms with Gasteiger partial charge in [0.1, 0.15) is 23.5 Å². The number of benzene rings is 3. The molecule has 4 N–H and O–H groups in total. The van der Waals surface area contributed by atoms with Gasteiger partial charge in [0.2, 0.25) is 5.91 Å². The van der Waals surface area contributed by atoms with Crippen molar-refractivity contribution in [2.24, 2.45) is 10.9 Å². The van der Waals surface area contributed by atoms with Crippen LogP contribution in [-0.4, -0.2) is 98.9 Å². The van der Waals surface area contributed by atoms with Crippen LogP contribution in [-0.2, 0) is 32.0 Å². The van der Waals surface area contributed by atoms with Gasteiger partial charge in [0.05, 0.1) is 66.2 Å². The van der Waals surface area contributed by atoms with Crippen LogP contribution in [0, 0.1) is 5.92 Å². The van der Waals surface area contributed by atoms with Gasteiger partial charge in [-0.15, -0.1) is 0 Å². The van der Waals surface area contributed by atoms with E-state index >= 15 is 0 Å². The number of Topliss-reactive ketones (excluding diaryl/α,β-unsaturated/α-hetero) is 1. The second-order valence-electron chi connectivity index (χ2n) is 17.4. The van der Waals surface area contributed by atoms with Crippen LogP contribution in [0.3, 0.4) is 0 Å². The minimum absolute atomic E-state index is 0.0907. The fourth-order valence-electron chi connectivity index (χ4n) is 10.1. The van der Waals surface area contributed by atoms with E-state index in [-0.39, 0.29) is 35.6 Å². The number of hydrogen-bond donors (Lipinski definition) is 4. The SMILES string of the molecule is COC(=O)N[C@H]1CCc2ccn3c2C1C(=O)C[C@H](c1nc2ccc(-c4ccc5c(c4)N(c4ccc6nc([C@@H]7CCCN7C(=O)[C@@H](NC(=O)OC)C(C)C)[nH]c6c4)CC=N5)cc2[nH]1)C3. The summed E-state index contributed by atoms with van der Waals surface area (Å²) in [4.78, 5) is 77.9. The molecule has 6 aromatic rings. The summed E-state index contributed by atoms with van der Waals surface area (Å²) in [6, 6.07) is 19.5. The lowest BCUT2D eigenvalue weighted by atomic mass is 9.79. The van der Waals surface area contributed by atoms with Crippen molar-refractivity contribution in [1.82, 2.24) is 40.0 Å². The predicted molar refractivity (Wildman–Crippen MR) is 238 cm³/mol. The first kappa shape index (κ1) is 40.1. The maximum atomic E-state index is 14.0. The number of likely N-dealkylation sites (tertiary alicyclic amines) is 1. The first-order valence-electron chi connectivity index (χ1n) is 21.7. The number of amides is 3. The van der Waals surface area contributed by atoms with Gasteiger partial charge in [0.15, 0.2) is 0 Å². The van der Waals surface area contributed by atoms with Gasteiger partial charge in [0, 0.05) is 55.3 Å². The Kier molecular flexibility index (Phi) is 10.2. The number of carbonyl (C=O) groups is 4. The highest BCUT2D eigenvalue weighted by Crippen LogP contribution is 2.43. The van der Waals surface area contributed by atoms with Crippen LogP contribution >= 0.6 is 0 Å². The number of rotatable bonds is 8. The molecule has 4 aliphatic rings. The van der Waals surface area contributed by atoms with Gasteiger partial charge in [-0.05, 0) is 96.8 Å². The van der Waals surface area contributed by atoms with E-state index in [0.717, 1.165) is 92.4 Å². The Morgan fingerprint density at radius 2 is 1.62 bits per heavy atom. The van der Waals surface area contributed by atoms with Crippen molar-refractivity contribution in [3.8, 4) is 11.1 Å². The molecule has 3 aromatic heterocycles. The van der Waals surface area contributed by atoms with Crippen molar-refractivity contribution in [1.29, 1.82) is 0 Å². The Balaban J connectivity index is 0.897. The zero-order chi connectivity index (χ0) is 43.5. The van der Waals surface area contributed by atoms with Crippen molar-refractivity contribution in [2.75, 3.05) is 32.2 Å². The van der Waals surface area contributed by atoms with Crippen molar-refractivity contribution < 1.29 is 28.7 Å². The molecule has 5 atom stereocenters. The van der Waals surface area contributed by atoms with E-state index < -0.39 is 24.1 Å². The molecule has 63 heavy (non-hydrogen) atoms. The standard InChI is InChI=1S/C47H50N10O6/c1-25(2)41(54-47(61)63-4)45(59)57-17-5-6-37(57)44-50-32-14-10-30(23-36(32)52-44)56-19-16-48-33-12-9-28(21-38(33)56)27-8-11-31-35(20-27)51-43(49-31)29-22-39(58)40-34(53-46(60)62-3)13-7-26-15-18-55(24-29)42(26)40/h8-12,14-16,18,20-21,23,25,29,34,37,40-41H,5-7,13,17,19,22,24H2,1-4H3,(H,49,51)(H,50,52)(H,53,60)(H,54,61)/t29-,34-,37-,40?,41-/m0/s1. The number of alkyl carbamates (subject to hydrolysis) is 2. The maximum Gasteiger partial charge on any atom is 0.407 e. The number of methoxy groups -OCH3 is 2. The summed E-state index contributed by atoms with van der Waals surface area (Å²) in [7, 11) is 2.63. The third-order valence-corrected chi connectivity index (χ3v) is 13.2. The molecule has 0 saturated carbocycles. The Bertz CT molecular complexity index is 2820. The molecule has 1 fully saturated rings. The van der Waals surface area contributed by atoms with Crippen LogP contribution in [0.15, 0.2) is 71.9 Å². The van der Waals surface area contributed by atoms with Crippen molar-refractivity contribution in [3.05, 3.63) is 89.8 Å². The Labute approximate surface area is 363 Å². The van der Waals surface area contributed by atoms with Crippen LogP contribution in [0.1, 0.15) is 80.3 Å². The van der Waals surface area contributed by atoms with Crippen LogP contribution in [0.4, 0.5) is 26.7 Å². The van der Waals surface area contributed by atoms with Gasteiger partial charge in [-0.25, -0.2) is 19.6 Å². The molecule has 6 heterocycles. The highest BCUT2D eigenvalue weighted by atomic mass is 16.5. The minimum Gasteiger partial charge on any atom is -0.453 e. The summed E-state index contributed by atoms with van der Waals surface area (Å²) in [5, 5.41) is 5.64. The van der Waals surface area contributed by atoms with Gasteiger partial charge in [-0.1, -0.05) is 26.0 Å². The number of nitrogens with zero attached hydrogens (tertiary/aromatic N) is 6. The molecule has 1 aliphatic carbocycles. The molecule has 324 valence electrons. The summed E-state index contributed by atoms with van der Waals surface area (Å²) in [5.74, 6) is 0.706. The quantitative estimate of drug-likeness (QED) is 0.122. The van der Waals surface area contributed by atoms with E-state index in [1.165, 1.54) is 14.2 Å². The molecule has 3 amide bonds. The zero-order valence-electron chi connectivity index (χ0n) is 35.7. The van der Waals surface area contributed by atoms with E-state index in [0.29, 0.717) is 32.5 Å². The fraction of sp³-hybridized carbons (Fsp3) is 0.383. The molecule has 1 unspecified atom stereocenters. The lowest BCUT2D eigenvalue weighted by Crippen LogP contribution is -2.51. The summed E-state index contributed by atoms with van der Waals surface area (Å²) < 4.78 is 11.9. The molecule has 16 heteroatoms. The molecule has 1 saturated heterocycles. The number of aromatic nitrogens is 5. The van der Waals surface area contributed by atoms with Gasteiger partial charge >= 0.3 is 12.2 Å². The molecular weight excluding hydrogens is 801 g/mol. The molecule has 16 nitrogen and oxygen atoms in total. The van der Waals surface area contributed by atoms with Crippen LogP contribution in [0.2, 0.25) is 0 Å². The summed E-state index contributed by atoms with van der Waals surface area (Å²) in [6.45, 7) is 5.57. The van der Waals surface area contributed by atoms with E-state index in [2.05, 4.69) is 78.7 Å². The molecule has 0 spiro atoms. The normalized spacial score (nSPS) is 21.0. The number of ether oxygens (including phenoxy) is 2. The summed E-state index contributed by atoms with van der Waals surface area (Å²) in [5.41, 5.74) is 10.3. The third kappa shape index (κ3) is 7.26. The lowest BCUT2D eigenvalue weighted by molar-refractivity contribution is -0.135. The van der Waals surface area contributed by atoms with Gasteiger partial charge in [0.25, 0.3) is 0 Å². The highest BCUT2D eigenvalue weighted by Gasteiger charge is 2.42. The molecule has 3 aliphatic heterocycles. The number of fused-ring (bicyclic) bond motifs is 3. The van der Waals surface area contributed by atoms with Crippen LogP contribution in [0.25, 0.3) is 33.2 Å². The fourth-order valence-corrected chi connectivity index (χ4v) is 10.1. The molecule has 10 rings (SSSR count). The van der Waals surface area contributed by atoms with Gasteiger partial charge in [-0.2, -0.15) is 0 Å². The monoisotopic (exact) mass is 850 g/mol. The smallest absolute Gasteiger partial charge is 0.407 e. The topological polar surface area (TPSA) is 192 Å². The summed E-state index contributed by atoms with van der Waals surface area (Å²) in [6.07, 6.45) is 6.18. The number of imidazole rings is 2. The van der Waals surface area contributed by atoms with Gasteiger partial charge in [-0.3, -0.25) is 14.6 Å². The number of aliphatic imine (C=N–C) groups is 1. The lowest BCUT2D eigenvalue weighted by Gasteiger charge is -2.31. The number of aryl methyl sites for hydroxylation is 1. The van der Waals surface area contributed by atoms with Gasteiger partial charge < -0.3 is 44.4 Å². The predicted octanol–water partition coefficient (Wildman–Crippen LogP) is 7.32. The van der Waals surface area contributed by atoms with E-state index in [1.807, 2.05) is 43.2 Å². The van der Waals surface area contributed by atoms with Crippen LogP contribution < -0.4 is 15.5 Å². The average Bonchev–Trinajstić information content (AvgIpc) is 4.11. The van der Waals surface area contributed by atoms with Crippen molar-refractivity contribution in [3.63, 3.8) is 0 Å². The minimum atomic E-state index is -0.708. The Morgan fingerprint density at radius 1 is 0.873 bits per heavy atom. The third-order valence-electron chi connectivity index (χ3n) is 13.2. The highest BCUT2D eigenvalue weighted by molar-refractivity contribution is 5.93. The zero-order valence-corrected chi connectivity index (χ0v) is 35.7. The number of carbonyl (C=O) groups excluding carboxylic acids is 4. The Morgan fingerprint density at radius 3 is 2.43 bits per heavy atom. The van der Waals surface area contributed by atoms with E-state index in [4.69, 9.17) is 24.4 Å². The number of ketones is 1. The molecule has 0 bridgehead atoms. The number of anilines is 2. The van der Waals surface area contributed by atoms with E-state index in [9.17, 15) is 19.2 Å². The van der Waals surface area contributed by atoms with Crippen molar-refractivity contribution >= 4 is 69.2 Å². The van der Waals surface area contributed by atoms with Crippen LogP contribution in [0.5, 0.6) is 0 Å². The number of aromatic amines is 2. The molecular formula is C47H50N10O6. The Hall–Kier alpha value is -6.97. The second-order valence-corrected chi connectivity index (χ2v) is 17.4. The number of nitrogens with one attached hydrogen (secondary N) is 4. The second kappa shape index (κ2) is 16.1. The number of H-pyrrole nitrogens is 2. The maximum absolute atomic E-state index is 14.0. The molecule has 3 aromatic carbocycles. The number of hydrogen-bond acceptors (Lipinski definition) is 10. The molecule has 0 radical (unpaired) electrons. The largest absolute Gasteiger partial charge is 0.453 e. The summed E-state index contributed by atoms with van der Waals surface area (Å²) >= 11 is 0. The first-order chi connectivity index (χ1) is 30.6. The average molecular weight is 851 g/mol. The van der Waals surface area contributed by atoms with Crippen molar-refractivity contribution in [2.45, 2.75) is 82.5 Å². The van der Waals surface area contributed by atoms with E-state index in [1.54, 1.807) is 0 Å².